The van der Waals surface area contributed by atoms with Crippen LogP contribution in [0.15, 0.2) is 30.5 Å². The first-order valence-corrected chi connectivity index (χ1v) is 5.58. The minimum Gasteiger partial charge on any atom is -0.496 e. The molecule has 0 radical (unpaired) electrons. The topological polar surface area (TPSA) is 125 Å². The van der Waals surface area contributed by atoms with Crippen LogP contribution in [0.25, 0.3) is 0 Å². The summed E-state index contributed by atoms with van der Waals surface area (Å²) in [5, 5.41) is 27.0. The zero-order valence-electron chi connectivity index (χ0n) is 10.7. The molecular weight excluding hydrogens is 282 g/mol. The lowest BCUT2D eigenvalue weighted by molar-refractivity contribution is -0.385. The summed E-state index contributed by atoms with van der Waals surface area (Å²) in [4.78, 5) is 21.4. The molecule has 0 unspecified atom stereocenters. The second-order valence-corrected chi connectivity index (χ2v) is 3.75. The molecule has 0 aliphatic heterocycles. The van der Waals surface area contributed by atoms with Crippen LogP contribution in [0.1, 0.15) is 10.4 Å². The predicted molar refractivity (Wildman–Crippen MR) is 68.7 cm³/mol. The zero-order valence-corrected chi connectivity index (χ0v) is 10.7. The molecule has 0 fully saturated rings. The molecule has 0 saturated heterocycles. The predicted octanol–water partition coefficient (Wildman–Crippen LogP) is 1.88. The zero-order chi connectivity index (χ0) is 15.4. The number of hydrogen-bond donors (Lipinski definition) is 1. The normalized spacial score (nSPS) is 9.95. The Kier molecular flexibility index (Phi) is 3.93. The van der Waals surface area contributed by atoms with Gasteiger partial charge in [0.05, 0.1) is 24.3 Å². The second kappa shape index (κ2) is 5.82. The van der Waals surface area contributed by atoms with E-state index in [1.807, 2.05) is 0 Å². The highest BCUT2D eigenvalue weighted by molar-refractivity contribution is 5.90. The molecule has 0 aliphatic rings. The fourth-order valence-electron chi connectivity index (χ4n) is 1.51. The molecular formula is C12H9N3O6. The third-order valence-corrected chi connectivity index (χ3v) is 2.49. The number of aromatic carboxylic acids is 1. The first kappa shape index (κ1) is 14.2. The molecule has 21 heavy (non-hydrogen) atoms. The summed E-state index contributed by atoms with van der Waals surface area (Å²) in [5.74, 6) is -1.51. The fourth-order valence-corrected chi connectivity index (χ4v) is 1.51. The molecule has 108 valence electrons. The van der Waals surface area contributed by atoms with Gasteiger partial charge < -0.3 is 14.6 Å². The van der Waals surface area contributed by atoms with Crippen LogP contribution in [0.2, 0.25) is 0 Å². The maximum atomic E-state index is 11.0. The molecule has 0 aliphatic carbocycles. The van der Waals surface area contributed by atoms with E-state index in [2.05, 4.69) is 10.2 Å². The lowest BCUT2D eigenvalue weighted by Gasteiger charge is -2.08. The number of hydrogen-bond acceptors (Lipinski definition) is 7. The van der Waals surface area contributed by atoms with Gasteiger partial charge in [-0.1, -0.05) is 0 Å². The molecule has 0 atom stereocenters. The number of rotatable bonds is 5. The van der Waals surface area contributed by atoms with Crippen molar-refractivity contribution in [3.63, 3.8) is 0 Å². The molecule has 2 rings (SSSR count). The minimum absolute atomic E-state index is 0.163. The van der Waals surface area contributed by atoms with Crippen LogP contribution in [-0.2, 0) is 0 Å². The van der Waals surface area contributed by atoms with Gasteiger partial charge in [-0.3, -0.25) is 10.1 Å². The van der Waals surface area contributed by atoms with Crippen LogP contribution < -0.4 is 9.47 Å². The Morgan fingerprint density at radius 2 is 2.14 bits per heavy atom. The summed E-state index contributed by atoms with van der Waals surface area (Å²) in [6.45, 7) is 0. The van der Waals surface area contributed by atoms with Crippen molar-refractivity contribution in [2.75, 3.05) is 7.11 Å². The average Bonchev–Trinajstić information content (AvgIpc) is 2.47. The highest BCUT2D eigenvalue weighted by Gasteiger charge is 2.21. The number of carboxylic acids is 1. The summed E-state index contributed by atoms with van der Waals surface area (Å²) >= 11 is 0. The summed E-state index contributed by atoms with van der Waals surface area (Å²) in [6.07, 6.45) is 1.18. The van der Waals surface area contributed by atoms with E-state index in [1.54, 1.807) is 0 Å². The maximum absolute atomic E-state index is 11.0. The van der Waals surface area contributed by atoms with Gasteiger partial charge in [0.25, 0.3) is 5.88 Å². The maximum Gasteiger partial charge on any atom is 0.341 e. The Morgan fingerprint density at radius 3 is 2.76 bits per heavy atom. The van der Waals surface area contributed by atoms with Crippen molar-refractivity contribution >= 4 is 11.7 Å². The number of nitro groups is 1. The van der Waals surface area contributed by atoms with E-state index in [9.17, 15) is 14.9 Å². The van der Waals surface area contributed by atoms with Gasteiger partial charge in [0.1, 0.15) is 11.3 Å². The van der Waals surface area contributed by atoms with E-state index in [4.69, 9.17) is 14.6 Å². The van der Waals surface area contributed by atoms with E-state index < -0.39 is 10.9 Å². The summed E-state index contributed by atoms with van der Waals surface area (Å²) in [7, 11) is 1.37. The fraction of sp³-hybridized carbons (Fsp3) is 0.0833. The van der Waals surface area contributed by atoms with Gasteiger partial charge in [0, 0.05) is 0 Å². The number of carboxylic acid groups (broad SMARTS) is 1. The molecule has 0 bridgehead atoms. The van der Waals surface area contributed by atoms with Gasteiger partial charge in [-0.25, -0.2) is 4.79 Å². The van der Waals surface area contributed by atoms with Gasteiger partial charge in [-0.2, -0.15) is 5.10 Å². The highest BCUT2D eigenvalue weighted by Crippen LogP contribution is 2.34. The molecule has 9 heteroatoms. The molecule has 1 aromatic carbocycles. The largest absolute Gasteiger partial charge is 0.496 e. The van der Waals surface area contributed by atoms with Crippen LogP contribution in [0.5, 0.6) is 17.4 Å². The Balaban J connectivity index is 2.45. The van der Waals surface area contributed by atoms with Crippen molar-refractivity contribution in [2.45, 2.75) is 0 Å². The first-order valence-electron chi connectivity index (χ1n) is 5.58. The Labute approximate surface area is 117 Å². The van der Waals surface area contributed by atoms with Crippen LogP contribution in [-0.4, -0.2) is 33.3 Å². The number of ether oxygens (including phenoxy) is 2. The molecule has 0 amide bonds. The third kappa shape index (κ3) is 3.03. The lowest BCUT2D eigenvalue weighted by atomic mass is 10.2. The number of aromatic nitrogens is 2. The SMILES string of the molecule is COc1ccc(Oc2nnccc2C(=O)O)c([N+](=O)[O-])c1. The van der Waals surface area contributed by atoms with Gasteiger partial charge in [0.15, 0.2) is 0 Å². The molecule has 0 saturated carbocycles. The van der Waals surface area contributed by atoms with Gasteiger partial charge in [-0.15, -0.1) is 5.10 Å². The van der Waals surface area contributed by atoms with E-state index >= 15 is 0 Å². The molecule has 1 heterocycles. The van der Waals surface area contributed by atoms with Crippen LogP contribution in [0.3, 0.4) is 0 Å². The number of benzene rings is 1. The smallest absolute Gasteiger partial charge is 0.341 e. The Hall–Kier alpha value is -3.23. The van der Waals surface area contributed by atoms with E-state index in [0.29, 0.717) is 0 Å². The van der Waals surface area contributed by atoms with Gasteiger partial charge >= 0.3 is 11.7 Å². The Bertz CT molecular complexity index is 703. The van der Waals surface area contributed by atoms with Crippen molar-refractivity contribution in [3.8, 4) is 17.4 Å². The van der Waals surface area contributed by atoms with Crippen molar-refractivity contribution in [1.82, 2.24) is 10.2 Å². The van der Waals surface area contributed by atoms with Gasteiger partial charge in [0.2, 0.25) is 5.75 Å². The van der Waals surface area contributed by atoms with Crippen LogP contribution in [0.4, 0.5) is 5.69 Å². The Morgan fingerprint density at radius 1 is 1.38 bits per heavy atom. The molecule has 1 N–H and O–H groups in total. The standard InChI is InChI=1S/C12H9N3O6/c1-20-7-2-3-10(9(6-7)15(18)19)21-11-8(12(16)17)4-5-13-14-11/h2-6H,1H3,(H,16,17). The lowest BCUT2D eigenvalue weighted by Crippen LogP contribution is -2.04. The van der Waals surface area contributed by atoms with E-state index in [0.717, 1.165) is 6.07 Å². The minimum atomic E-state index is -1.28. The highest BCUT2D eigenvalue weighted by atomic mass is 16.6. The quantitative estimate of drug-likeness (QED) is 0.653. The molecule has 9 nitrogen and oxygen atoms in total. The average molecular weight is 291 g/mol. The van der Waals surface area contributed by atoms with Gasteiger partial charge in [-0.05, 0) is 18.2 Å². The number of nitro benzene ring substituents is 1. The van der Waals surface area contributed by atoms with Crippen LogP contribution >= 0.6 is 0 Å². The summed E-state index contributed by atoms with van der Waals surface area (Å²) < 4.78 is 10.1. The summed E-state index contributed by atoms with van der Waals surface area (Å²) in [5.41, 5.74) is -0.633. The van der Waals surface area contributed by atoms with Crippen molar-refractivity contribution in [1.29, 1.82) is 0 Å². The molecule has 1 aromatic heterocycles. The molecule has 2 aromatic rings. The second-order valence-electron chi connectivity index (χ2n) is 3.75. The van der Waals surface area contributed by atoms with Crippen molar-refractivity contribution < 1.29 is 24.3 Å². The van der Waals surface area contributed by atoms with E-state index in [-0.39, 0.29) is 28.6 Å². The van der Waals surface area contributed by atoms with Crippen molar-refractivity contribution in [2.24, 2.45) is 0 Å². The number of nitrogens with zero attached hydrogens (tertiary/aromatic N) is 3. The summed E-state index contributed by atoms with van der Waals surface area (Å²) in [6, 6.07) is 5.07. The number of carbonyl (C=O) groups is 1. The molecule has 0 spiro atoms. The van der Waals surface area contributed by atoms with Crippen LogP contribution in [0, 0.1) is 10.1 Å². The third-order valence-electron chi connectivity index (χ3n) is 2.49. The number of methoxy groups -OCH3 is 1. The van der Waals surface area contributed by atoms with Crippen molar-refractivity contribution in [3.05, 3.63) is 46.1 Å². The monoisotopic (exact) mass is 291 g/mol. The van der Waals surface area contributed by atoms with E-state index in [1.165, 1.54) is 31.5 Å². The first-order chi connectivity index (χ1) is 10.0.